The summed E-state index contributed by atoms with van der Waals surface area (Å²) in [6.07, 6.45) is 3.33. The van der Waals surface area contributed by atoms with Crippen LogP contribution in [-0.2, 0) is 16.6 Å². The molecule has 0 radical (unpaired) electrons. The molecule has 0 heterocycles. The van der Waals surface area contributed by atoms with Gasteiger partial charge >= 0.3 is 0 Å². The maximum absolute atomic E-state index is 11.7. The summed E-state index contributed by atoms with van der Waals surface area (Å²) in [4.78, 5) is 11.7. The van der Waals surface area contributed by atoms with Crippen molar-refractivity contribution in [3.8, 4) is 5.75 Å². The Hall–Kier alpha value is -1.51. The molecule has 2 N–H and O–H groups in total. The number of hydrogen-bond acceptors (Lipinski definition) is 2. The van der Waals surface area contributed by atoms with Gasteiger partial charge in [0.15, 0.2) is 0 Å². The average Bonchev–Trinajstić information content (AvgIpc) is 2.36. The summed E-state index contributed by atoms with van der Waals surface area (Å²) in [5, 5.41) is 12.8. The predicted molar refractivity (Wildman–Crippen MR) is 83.0 cm³/mol. The van der Waals surface area contributed by atoms with Crippen molar-refractivity contribution in [2.45, 2.75) is 58.8 Å². The second kappa shape index (κ2) is 7.32. The molecule has 0 bridgehead atoms. The van der Waals surface area contributed by atoms with Crippen molar-refractivity contribution >= 4 is 5.91 Å². The Morgan fingerprint density at radius 1 is 1.30 bits per heavy atom. The zero-order chi connectivity index (χ0) is 15.2. The first kappa shape index (κ1) is 16.5. The van der Waals surface area contributed by atoms with E-state index in [0.29, 0.717) is 18.6 Å². The highest BCUT2D eigenvalue weighted by Crippen LogP contribution is 2.31. The number of unbranched alkanes of at least 4 members (excludes halogenated alkanes) is 1. The summed E-state index contributed by atoms with van der Waals surface area (Å²) in [6.45, 7) is 9.09. The van der Waals surface area contributed by atoms with Gasteiger partial charge in [-0.15, -0.1) is 0 Å². The van der Waals surface area contributed by atoms with Crippen LogP contribution in [0, 0.1) is 0 Å². The molecular weight excluding hydrogens is 250 g/mol. The van der Waals surface area contributed by atoms with Crippen LogP contribution < -0.4 is 5.32 Å². The van der Waals surface area contributed by atoms with Gasteiger partial charge < -0.3 is 10.4 Å². The highest BCUT2D eigenvalue weighted by atomic mass is 16.3. The zero-order valence-corrected chi connectivity index (χ0v) is 13.1. The molecule has 0 aliphatic heterocycles. The Balaban J connectivity index is 2.59. The largest absolute Gasteiger partial charge is 0.508 e. The fraction of sp³-hybridized carbons (Fsp3) is 0.588. The number of hydrogen-bond donors (Lipinski definition) is 2. The van der Waals surface area contributed by atoms with Crippen LogP contribution in [0.15, 0.2) is 18.2 Å². The molecule has 0 fully saturated rings. The summed E-state index contributed by atoms with van der Waals surface area (Å²) < 4.78 is 0. The van der Waals surface area contributed by atoms with E-state index in [2.05, 4.69) is 33.0 Å². The summed E-state index contributed by atoms with van der Waals surface area (Å²) in [7, 11) is 0. The number of carbonyl (C=O) groups is 1. The van der Waals surface area contributed by atoms with Gasteiger partial charge in [0.05, 0.1) is 0 Å². The van der Waals surface area contributed by atoms with Gasteiger partial charge in [0, 0.05) is 13.0 Å². The number of amides is 1. The molecule has 0 aliphatic carbocycles. The number of nitrogens with one attached hydrogen (secondary N) is 1. The highest BCUT2D eigenvalue weighted by molar-refractivity contribution is 5.76. The maximum atomic E-state index is 11.7. The van der Waals surface area contributed by atoms with E-state index in [-0.39, 0.29) is 11.3 Å². The van der Waals surface area contributed by atoms with E-state index in [4.69, 9.17) is 0 Å². The van der Waals surface area contributed by atoms with E-state index < -0.39 is 0 Å². The van der Waals surface area contributed by atoms with Crippen LogP contribution in [0.4, 0.5) is 0 Å². The monoisotopic (exact) mass is 277 g/mol. The van der Waals surface area contributed by atoms with E-state index in [1.165, 1.54) is 0 Å². The Labute approximate surface area is 122 Å². The molecule has 0 unspecified atom stereocenters. The molecule has 0 atom stereocenters. The van der Waals surface area contributed by atoms with Gasteiger partial charge in [-0.1, -0.05) is 46.2 Å². The lowest BCUT2D eigenvalue weighted by Crippen LogP contribution is -2.24. The highest BCUT2D eigenvalue weighted by Gasteiger charge is 2.18. The molecule has 3 nitrogen and oxygen atoms in total. The van der Waals surface area contributed by atoms with Crippen LogP contribution in [0.2, 0.25) is 0 Å². The number of benzene rings is 1. The second-order valence-electron chi connectivity index (χ2n) is 6.31. The Morgan fingerprint density at radius 2 is 2.00 bits per heavy atom. The average molecular weight is 277 g/mol. The molecule has 20 heavy (non-hydrogen) atoms. The number of aromatic hydroxyl groups is 1. The molecule has 1 amide bonds. The number of carbonyl (C=O) groups excluding carboxylic acids is 1. The summed E-state index contributed by atoms with van der Waals surface area (Å²) in [5.74, 6) is 0.428. The fourth-order valence-corrected chi connectivity index (χ4v) is 2.09. The van der Waals surface area contributed by atoms with Crippen LogP contribution in [0.25, 0.3) is 0 Å². The van der Waals surface area contributed by atoms with Crippen LogP contribution in [0.3, 0.4) is 0 Å². The minimum atomic E-state index is -0.0938. The van der Waals surface area contributed by atoms with Gasteiger partial charge in [-0.2, -0.15) is 0 Å². The molecular formula is C17H27NO2. The van der Waals surface area contributed by atoms with Crippen LogP contribution in [0.5, 0.6) is 5.75 Å². The summed E-state index contributed by atoms with van der Waals surface area (Å²) >= 11 is 0. The Kier molecular flexibility index (Phi) is 6.05. The molecule has 0 spiro atoms. The van der Waals surface area contributed by atoms with Gasteiger partial charge in [0.1, 0.15) is 5.75 Å². The van der Waals surface area contributed by atoms with Crippen molar-refractivity contribution in [3.63, 3.8) is 0 Å². The van der Waals surface area contributed by atoms with Crippen LogP contribution >= 0.6 is 0 Å². The molecule has 1 aromatic carbocycles. The smallest absolute Gasteiger partial charge is 0.220 e. The normalized spacial score (nSPS) is 11.4. The SMILES string of the molecule is CCCCNC(=O)CCc1ccc(O)c(C(C)(C)C)c1. The van der Waals surface area contributed by atoms with Crippen molar-refractivity contribution < 1.29 is 9.90 Å². The molecule has 0 saturated carbocycles. The van der Waals surface area contributed by atoms with Crippen molar-refractivity contribution in [1.29, 1.82) is 0 Å². The van der Waals surface area contributed by atoms with Crippen molar-refractivity contribution in [3.05, 3.63) is 29.3 Å². The minimum absolute atomic E-state index is 0.0938. The summed E-state index contributed by atoms with van der Waals surface area (Å²) in [5.41, 5.74) is 1.93. The van der Waals surface area contributed by atoms with Crippen molar-refractivity contribution in [1.82, 2.24) is 5.32 Å². The Morgan fingerprint density at radius 3 is 2.60 bits per heavy atom. The van der Waals surface area contributed by atoms with E-state index in [1.54, 1.807) is 6.07 Å². The Bertz CT molecular complexity index is 447. The van der Waals surface area contributed by atoms with Gasteiger partial charge in [-0.05, 0) is 35.4 Å². The van der Waals surface area contributed by atoms with Crippen LogP contribution in [-0.4, -0.2) is 17.6 Å². The molecule has 112 valence electrons. The standard InChI is InChI=1S/C17H27NO2/c1-5-6-11-18-16(20)10-8-13-7-9-15(19)14(12-13)17(2,3)4/h7,9,12,19H,5-6,8,10-11H2,1-4H3,(H,18,20). The molecule has 0 aromatic heterocycles. The lowest BCUT2D eigenvalue weighted by molar-refractivity contribution is -0.121. The lowest BCUT2D eigenvalue weighted by atomic mass is 9.85. The number of aryl methyl sites for hydroxylation is 1. The lowest BCUT2D eigenvalue weighted by Gasteiger charge is -2.21. The van der Waals surface area contributed by atoms with E-state index in [0.717, 1.165) is 30.5 Å². The first-order valence-corrected chi connectivity index (χ1v) is 7.43. The molecule has 0 aliphatic rings. The summed E-state index contributed by atoms with van der Waals surface area (Å²) in [6, 6.07) is 5.63. The fourth-order valence-electron chi connectivity index (χ4n) is 2.09. The van der Waals surface area contributed by atoms with Crippen molar-refractivity contribution in [2.75, 3.05) is 6.54 Å². The maximum Gasteiger partial charge on any atom is 0.220 e. The molecule has 3 heteroatoms. The van der Waals surface area contributed by atoms with Gasteiger partial charge in [0.25, 0.3) is 0 Å². The number of phenolic OH excluding ortho intramolecular Hbond substituents is 1. The predicted octanol–water partition coefficient (Wildman–Crippen LogP) is 3.54. The van der Waals surface area contributed by atoms with E-state index in [9.17, 15) is 9.90 Å². The van der Waals surface area contributed by atoms with Gasteiger partial charge in [-0.3, -0.25) is 4.79 Å². The minimum Gasteiger partial charge on any atom is -0.508 e. The quantitative estimate of drug-likeness (QED) is 0.781. The zero-order valence-electron chi connectivity index (χ0n) is 13.1. The van der Waals surface area contributed by atoms with E-state index >= 15 is 0 Å². The third-order valence-electron chi connectivity index (χ3n) is 3.36. The third kappa shape index (κ3) is 5.24. The topological polar surface area (TPSA) is 49.3 Å². The second-order valence-corrected chi connectivity index (χ2v) is 6.31. The first-order valence-electron chi connectivity index (χ1n) is 7.43. The first-order chi connectivity index (χ1) is 9.34. The van der Waals surface area contributed by atoms with Gasteiger partial charge in [-0.25, -0.2) is 0 Å². The number of rotatable bonds is 6. The molecule has 1 rings (SSSR count). The van der Waals surface area contributed by atoms with Crippen molar-refractivity contribution in [2.24, 2.45) is 0 Å². The number of phenols is 1. The molecule has 1 aromatic rings. The third-order valence-corrected chi connectivity index (χ3v) is 3.36. The van der Waals surface area contributed by atoms with Gasteiger partial charge in [0.2, 0.25) is 5.91 Å². The molecule has 0 saturated heterocycles. The van der Waals surface area contributed by atoms with Crippen LogP contribution in [0.1, 0.15) is 58.1 Å². The van der Waals surface area contributed by atoms with E-state index in [1.807, 2.05) is 12.1 Å².